The summed E-state index contributed by atoms with van der Waals surface area (Å²) in [6.07, 6.45) is -0.0352. The number of halogens is 1. The first kappa shape index (κ1) is 18.6. The molecule has 6 nitrogen and oxygen atoms in total. The van der Waals surface area contributed by atoms with E-state index in [-0.39, 0.29) is 30.5 Å². The van der Waals surface area contributed by atoms with Gasteiger partial charge in [-0.25, -0.2) is 10.9 Å². The van der Waals surface area contributed by atoms with Crippen molar-refractivity contribution in [3.8, 4) is 0 Å². The van der Waals surface area contributed by atoms with E-state index in [9.17, 15) is 15.0 Å². The SMILES string of the molecule is CC[C@]1(O)CCN(C(=O)C2NNC(c3ccc(Cl)cc3)C2C)C[C@@H]1O. The summed E-state index contributed by atoms with van der Waals surface area (Å²) in [5, 5.41) is 21.3. The third-order valence-electron chi connectivity index (χ3n) is 5.69. The number of amides is 1. The molecule has 4 N–H and O–H groups in total. The van der Waals surface area contributed by atoms with Crippen molar-refractivity contribution in [3.05, 3.63) is 34.9 Å². The van der Waals surface area contributed by atoms with E-state index < -0.39 is 11.7 Å². The lowest BCUT2D eigenvalue weighted by atomic mass is 9.85. The number of nitrogens with one attached hydrogen (secondary N) is 2. The van der Waals surface area contributed by atoms with Gasteiger partial charge in [-0.2, -0.15) is 0 Å². The Morgan fingerprint density at radius 1 is 1.36 bits per heavy atom. The number of benzene rings is 1. The number of hydrogen-bond acceptors (Lipinski definition) is 5. The van der Waals surface area contributed by atoms with Gasteiger partial charge in [0.25, 0.3) is 0 Å². The molecule has 1 aromatic rings. The van der Waals surface area contributed by atoms with Crippen LogP contribution in [0.2, 0.25) is 5.02 Å². The zero-order valence-electron chi connectivity index (χ0n) is 14.6. The number of aliphatic hydroxyl groups excluding tert-OH is 1. The second kappa shape index (κ2) is 7.21. The van der Waals surface area contributed by atoms with Gasteiger partial charge in [-0.3, -0.25) is 4.79 Å². The number of piperidine rings is 1. The molecule has 0 spiro atoms. The van der Waals surface area contributed by atoms with E-state index in [1.165, 1.54) is 0 Å². The summed E-state index contributed by atoms with van der Waals surface area (Å²) < 4.78 is 0. The second-order valence-electron chi connectivity index (χ2n) is 7.16. The maximum Gasteiger partial charge on any atom is 0.241 e. The molecule has 0 bridgehead atoms. The molecule has 2 saturated heterocycles. The van der Waals surface area contributed by atoms with Crippen LogP contribution >= 0.6 is 11.6 Å². The lowest BCUT2D eigenvalue weighted by Gasteiger charge is -2.42. The van der Waals surface area contributed by atoms with Gasteiger partial charge in [-0.05, 0) is 30.5 Å². The first-order chi connectivity index (χ1) is 11.9. The Hall–Kier alpha value is -1.18. The lowest BCUT2D eigenvalue weighted by Crippen LogP contribution is -2.59. The molecule has 0 radical (unpaired) electrons. The van der Waals surface area contributed by atoms with E-state index in [2.05, 4.69) is 10.9 Å². The smallest absolute Gasteiger partial charge is 0.241 e. The second-order valence-corrected chi connectivity index (χ2v) is 7.60. The number of carbonyl (C=O) groups is 1. The summed E-state index contributed by atoms with van der Waals surface area (Å²) in [6.45, 7) is 4.50. The van der Waals surface area contributed by atoms with E-state index in [0.29, 0.717) is 24.4 Å². The molecular formula is C18H26ClN3O3. The Morgan fingerprint density at radius 3 is 2.64 bits per heavy atom. The highest BCUT2D eigenvalue weighted by Gasteiger charge is 2.44. The fraction of sp³-hybridized carbons (Fsp3) is 0.611. The number of hydrogen-bond donors (Lipinski definition) is 4. The summed E-state index contributed by atoms with van der Waals surface area (Å²) in [6, 6.07) is 7.22. The topological polar surface area (TPSA) is 84.8 Å². The minimum atomic E-state index is -1.09. The molecule has 2 aliphatic heterocycles. The van der Waals surface area contributed by atoms with Gasteiger partial charge in [0, 0.05) is 24.0 Å². The Bertz CT molecular complexity index is 626. The molecule has 3 unspecified atom stereocenters. The van der Waals surface area contributed by atoms with Crippen LogP contribution in [0.5, 0.6) is 0 Å². The predicted molar refractivity (Wildman–Crippen MR) is 95.9 cm³/mol. The summed E-state index contributed by atoms with van der Waals surface area (Å²) in [7, 11) is 0. The van der Waals surface area contributed by atoms with Gasteiger partial charge in [0.05, 0.1) is 11.6 Å². The zero-order valence-corrected chi connectivity index (χ0v) is 15.3. The third kappa shape index (κ3) is 3.55. The largest absolute Gasteiger partial charge is 0.388 e. The van der Waals surface area contributed by atoms with Crippen molar-refractivity contribution in [3.63, 3.8) is 0 Å². The molecule has 2 heterocycles. The van der Waals surface area contributed by atoms with Crippen LogP contribution < -0.4 is 10.9 Å². The molecule has 3 rings (SSSR count). The van der Waals surface area contributed by atoms with E-state index in [1.807, 2.05) is 38.1 Å². The van der Waals surface area contributed by atoms with Crippen LogP contribution in [0, 0.1) is 5.92 Å². The van der Waals surface area contributed by atoms with Crippen molar-refractivity contribution >= 4 is 17.5 Å². The summed E-state index contributed by atoms with van der Waals surface area (Å²) >= 11 is 5.94. The Kier molecular flexibility index (Phi) is 5.37. The fourth-order valence-corrected chi connectivity index (χ4v) is 3.88. The van der Waals surface area contributed by atoms with Gasteiger partial charge >= 0.3 is 0 Å². The van der Waals surface area contributed by atoms with Crippen molar-refractivity contribution in [2.45, 2.75) is 50.5 Å². The van der Waals surface area contributed by atoms with Crippen molar-refractivity contribution in [2.75, 3.05) is 13.1 Å². The molecular weight excluding hydrogens is 342 g/mol. The molecule has 25 heavy (non-hydrogen) atoms. The molecule has 1 amide bonds. The van der Waals surface area contributed by atoms with Gasteiger partial charge in [0.1, 0.15) is 12.1 Å². The van der Waals surface area contributed by atoms with Crippen LogP contribution in [0.25, 0.3) is 0 Å². The Morgan fingerprint density at radius 2 is 2.04 bits per heavy atom. The number of carbonyl (C=O) groups excluding carboxylic acids is 1. The van der Waals surface area contributed by atoms with Crippen LogP contribution in [-0.4, -0.2) is 51.9 Å². The van der Waals surface area contributed by atoms with E-state index >= 15 is 0 Å². The minimum Gasteiger partial charge on any atom is -0.388 e. The molecule has 1 aromatic carbocycles. The molecule has 7 heteroatoms. The highest BCUT2D eigenvalue weighted by atomic mass is 35.5. The lowest BCUT2D eigenvalue weighted by molar-refractivity contribution is -0.152. The van der Waals surface area contributed by atoms with E-state index in [0.717, 1.165) is 5.56 Å². The number of likely N-dealkylation sites (tertiary alicyclic amines) is 1. The first-order valence-corrected chi connectivity index (χ1v) is 9.19. The Balaban J connectivity index is 1.67. The average Bonchev–Trinajstić information content (AvgIpc) is 2.99. The quantitative estimate of drug-likeness (QED) is 0.645. The van der Waals surface area contributed by atoms with Crippen LogP contribution in [0.4, 0.5) is 0 Å². The number of hydrazine groups is 1. The van der Waals surface area contributed by atoms with Crippen molar-refractivity contribution in [2.24, 2.45) is 5.92 Å². The minimum absolute atomic E-state index is 0.00788. The molecule has 0 saturated carbocycles. The molecule has 0 aliphatic carbocycles. The van der Waals surface area contributed by atoms with Crippen LogP contribution in [0.3, 0.4) is 0 Å². The normalized spacial score (nSPS) is 35.8. The van der Waals surface area contributed by atoms with Crippen LogP contribution in [-0.2, 0) is 4.79 Å². The monoisotopic (exact) mass is 367 g/mol. The van der Waals surface area contributed by atoms with Gasteiger partial charge in [0.15, 0.2) is 0 Å². The third-order valence-corrected chi connectivity index (χ3v) is 5.95. The van der Waals surface area contributed by atoms with Crippen LogP contribution in [0.1, 0.15) is 38.3 Å². The van der Waals surface area contributed by atoms with Gasteiger partial charge in [-0.15, -0.1) is 0 Å². The van der Waals surface area contributed by atoms with E-state index in [4.69, 9.17) is 11.6 Å². The highest BCUT2D eigenvalue weighted by Crippen LogP contribution is 2.32. The highest BCUT2D eigenvalue weighted by molar-refractivity contribution is 6.30. The maximum atomic E-state index is 12.9. The predicted octanol–water partition coefficient (Wildman–Crippen LogP) is 1.23. The summed E-state index contributed by atoms with van der Waals surface area (Å²) in [5.41, 5.74) is 6.28. The van der Waals surface area contributed by atoms with Crippen molar-refractivity contribution in [1.29, 1.82) is 0 Å². The maximum absolute atomic E-state index is 12.9. The molecule has 138 valence electrons. The number of aliphatic hydroxyl groups is 2. The fourth-order valence-electron chi connectivity index (χ4n) is 3.75. The number of nitrogens with zero attached hydrogens (tertiary/aromatic N) is 1. The first-order valence-electron chi connectivity index (χ1n) is 8.81. The average molecular weight is 368 g/mol. The molecule has 2 fully saturated rings. The summed E-state index contributed by atoms with van der Waals surface area (Å²) in [5.74, 6) is -0.00790. The number of β-amino-alcohol motifs (C(OH)–C–C–N with tert-alkyl or cyclic N) is 1. The number of rotatable bonds is 3. The standard InChI is InChI=1S/C18H26ClN3O3/c1-3-18(25)8-9-22(10-14(18)23)17(24)16-11(2)15(20-21-16)12-4-6-13(19)7-5-12/h4-7,11,14-16,20-21,23,25H,3,8-10H2,1-2H3/t11?,14-,15?,16?,18-/m0/s1. The van der Waals surface area contributed by atoms with Gasteiger partial charge < -0.3 is 15.1 Å². The zero-order chi connectivity index (χ0) is 18.2. The molecule has 5 atom stereocenters. The van der Waals surface area contributed by atoms with Crippen molar-refractivity contribution in [1.82, 2.24) is 15.8 Å². The van der Waals surface area contributed by atoms with Crippen molar-refractivity contribution < 1.29 is 15.0 Å². The van der Waals surface area contributed by atoms with Gasteiger partial charge in [-0.1, -0.05) is 37.6 Å². The van der Waals surface area contributed by atoms with E-state index in [1.54, 1.807) is 4.90 Å². The van der Waals surface area contributed by atoms with Gasteiger partial charge in [0.2, 0.25) is 5.91 Å². The molecule has 0 aromatic heterocycles. The Labute approximate surface area is 153 Å². The molecule has 2 aliphatic rings. The summed E-state index contributed by atoms with van der Waals surface area (Å²) in [4.78, 5) is 14.5. The van der Waals surface area contributed by atoms with Crippen LogP contribution in [0.15, 0.2) is 24.3 Å².